The Morgan fingerprint density at radius 2 is 1.28 bits per heavy atom. The predicted molar refractivity (Wildman–Crippen MR) is 107 cm³/mol. The molecule has 0 bridgehead atoms. The summed E-state index contributed by atoms with van der Waals surface area (Å²) in [6.45, 7) is 6.58. The highest BCUT2D eigenvalue weighted by atomic mass is 28.4. The summed E-state index contributed by atoms with van der Waals surface area (Å²) in [5.41, 5.74) is 1.24. The Morgan fingerprint density at radius 3 is 1.80 bits per heavy atom. The van der Waals surface area contributed by atoms with E-state index in [9.17, 15) is 0 Å². The van der Waals surface area contributed by atoms with E-state index in [-0.39, 0.29) is 0 Å². The maximum atomic E-state index is 6.43. The van der Waals surface area contributed by atoms with E-state index >= 15 is 0 Å². The van der Waals surface area contributed by atoms with Crippen molar-refractivity contribution < 1.29 is 8.85 Å². The van der Waals surface area contributed by atoms with Gasteiger partial charge in [0.15, 0.2) is 0 Å². The molecule has 0 heterocycles. The molecular weight excluding hydrogens is 326 g/mol. The van der Waals surface area contributed by atoms with Crippen LogP contribution < -0.4 is 10.2 Å². The minimum Gasteiger partial charge on any atom is -0.379 e. The Bertz CT molecular complexity index is 567. The summed E-state index contributed by atoms with van der Waals surface area (Å²) in [7, 11) is -2.68. The summed E-state index contributed by atoms with van der Waals surface area (Å²) in [6, 6.07) is 20.9. The van der Waals surface area contributed by atoms with Crippen LogP contribution in [0, 0.1) is 0 Å². The lowest BCUT2D eigenvalue weighted by atomic mass is 10.2. The Labute approximate surface area is 153 Å². The van der Waals surface area contributed by atoms with Crippen molar-refractivity contribution in [3.8, 4) is 0 Å². The minimum absolute atomic E-state index is 0.728. The highest BCUT2D eigenvalue weighted by Gasteiger charge is 2.40. The molecule has 136 valence electrons. The van der Waals surface area contributed by atoms with Gasteiger partial charge >= 0.3 is 8.72 Å². The van der Waals surface area contributed by atoms with Crippen LogP contribution in [0.3, 0.4) is 0 Å². The van der Waals surface area contributed by atoms with Gasteiger partial charge < -0.3 is 8.85 Å². The third kappa shape index (κ3) is 6.40. The largest absolute Gasteiger partial charge is 0.460 e. The van der Waals surface area contributed by atoms with Crippen molar-refractivity contribution in [1.82, 2.24) is 4.98 Å². The average Bonchev–Trinajstić information content (AvgIpc) is 2.67. The number of nitrogens with one attached hydrogen (secondary N) is 1. The lowest BCUT2D eigenvalue weighted by Crippen LogP contribution is -2.65. The predicted octanol–water partition coefficient (Wildman–Crippen LogP) is 4.26. The molecule has 0 radical (unpaired) electrons. The second kappa shape index (κ2) is 11.2. The van der Waals surface area contributed by atoms with Crippen LogP contribution in [0.25, 0.3) is 0 Å². The van der Waals surface area contributed by atoms with Gasteiger partial charge in [-0.1, -0.05) is 87.4 Å². The lowest BCUT2D eigenvalue weighted by molar-refractivity contribution is 0.164. The molecule has 0 aliphatic carbocycles. The van der Waals surface area contributed by atoms with Gasteiger partial charge in [-0.05, 0) is 18.4 Å². The maximum absolute atomic E-state index is 6.43. The van der Waals surface area contributed by atoms with Gasteiger partial charge in [-0.15, -0.1) is 0 Å². The maximum Gasteiger partial charge on any atom is 0.460 e. The molecule has 2 aromatic rings. The molecule has 0 unspecified atom stereocenters. The van der Waals surface area contributed by atoms with Gasteiger partial charge in [-0.3, -0.25) is 4.98 Å². The molecule has 2 rings (SSSR count). The SMILES string of the molecule is CCCCO[Si](NCc1ccccc1)(OCCCC)c1ccccc1. The first-order valence-electron chi connectivity index (χ1n) is 9.43. The summed E-state index contributed by atoms with van der Waals surface area (Å²) in [5, 5.41) is 1.15. The third-order valence-corrected chi connectivity index (χ3v) is 7.09. The molecular formula is C21H31NO2Si. The van der Waals surface area contributed by atoms with E-state index in [0.717, 1.165) is 50.6 Å². The number of hydrogen-bond acceptors (Lipinski definition) is 3. The zero-order chi connectivity index (χ0) is 17.8. The molecule has 0 spiro atoms. The first-order valence-corrected chi connectivity index (χ1v) is 11.2. The first-order chi connectivity index (χ1) is 12.3. The van der Waals surface area contributed by atoms with Gasteiger partial charge in [0, 0.05) is 24.9 Å². The fraction of sp³-hybridized carbons (Fsp3) is 0.429. The third-order valence-electron chi connectivity index (χ3n) is 4.13. The molecule has 3 nitrogen and oxygen atoms in total. The van der Waals surface area contributed by atoms with Crippen LogP contribution in [0.2, 0.25) is 0 Å². The van der Waals surface area contributed by atoms with Crippen molar-refractivity contribution in [2.75, 3.05) is 13.2 Å². The fourth-order valence-corrected chi connectivity index (χ4v) is 5.36. The van der Waals surface area contributed by atoms with Crippen LogP contribution in [-0.4, -0.2) is 21.9 Å². The molecule has 4 heteroatoms. The summed E-state index contributed by atoms with van der Waals surface area (Å²) in [5.74, 6) is 0. The van der Waals surface area contributed by atoms with E-state index in [1.165, 1.54) is 5.56 Å². The second-order valence-electron chi connectivity index (χ2n) is 6.23. The molecule has 0 fully saturated rings. The Balaban J connectivity index is 2.20. The quantitative estimate of drug-likeness (QED) is 0.455. The van der Waals surface area contributed by atoms with Crippen LogP contribution in [0.15, 0.2) is 60.7 Å². The fourth-order valence-electron chi connectivity index (χ4n) is 2.60. The van der Waals surface area contributed by atoms with Gasteiger partial charge in [0.25, 0.3) is 0 Å². The summed E-state index contributed by atoms with van der Waals surface area (Å²) >= 11 is 0. The zero-order valence-electron chi connectivity index (χ0n) is 15.5. The van der Waals surface area contributed by atoms with E-state index < -0.39 is 8.72 Å². The normalized spacial score (nSPS) is 11.6. The van der Waals surface area contributed by atoms with E-state index in [2.05, 4.69) is 67.4 Å². The smallest absolute Gasteiger partial charge is 0.379 e. The Kier molecular flexibility index (Phi) is 8.90. The molecule has 0 atom stereocenters. The summed E-state index contributed by atoms with van der Waals surface area (Å²) < 4.78 is 12.9. The Morgan fingerprint density at radius 1 is 0.760 bits per heavy atom. The van der Waals surface area contributed by atoms with Crippen molar-refractivity contribution >= 4 is 13.9 Å². The van der Waals surface area contributed by atoms with E-state index in [1.54, 1.807) is 0 Å². The molecule has 0 saturated heterocycles. The van der Waals surface area contributed by atoms with Gasteiger partial charge in [0.05, 0.1) is 0 Å². The number of unbranched alkanes of at least 4 members (excludes halogenated alkanes) is 2. The van der Waals surface area contributed by atoms with Crippen LogP contribution in [0.5, 0.6) is 0 Å². The lowest BCUT2D eigenvalue weighted by Gasteiger charge is -2.31. The topological polar surface area (TPSA) is 30.5 Å². The first kappa shape index (κ1) is 19.9. The van der Waals surface area contributed by atoms with Crippen molar-refractivity contribution in [2.24, 2.45) is 0 Å². The zero-order valence-corrected chi connectivity index (χ0v) is 16.5. The Hall–Kier alpha value is -1.46. The number of benzene rings is 2. The van der Waals surface area contributed by atoms with Crippen molar-refractivity contribution in [2.45, 2.75) is 46.1 Å². The molecule has 0 aromatic heterocycles. The van der Waals surface area contributed by atoms with Crippen molar-refractivity contribution in [3.63, 3.8) is 0 Å². The van der Waals surface area contributed by atoms with Gasteiger partial charge in [-0.2, -0.15) is 0 Å². The van der Waals surface area contributed by atoms with Crippen LogP contribution >= 0.6 is 0 Å². The molecule has 0 aliphatic heterocycles. The number of rotatable bonds is 12. The monoisotopic (exact) mass is 357 g/mol. The van der Waals surface area contributed by atoms with Crippen molar-refractivity contribution in [1.29, 1.82) is 0 Å². The summed E-state index contributed by atoms with van der Waals surface area (Å²) in [6.07, 6.45) is 4.33. The van der Waals surface area contributed by atoms with Gasteiger partial charge in [0.1, 0.15) is 0 Å². The molecule has 0 amide bonds. The average molecular weight is 358 g/mol. The number of hydrogen-bond donors (Lipinski definition) is 1. The van der Waals surface area contributed by atoms with Gasteiger partial charge in [0.2, 0.25) is 0 Å². The standard InChI is InChI=1S/C21H31NO2Si/c1-3-5-17-23-25(24-18-6-4-2,21-15-11-8-12-16-21)22-19-20-13-9-7-10-14-20/h7-16,22H,3-6,17-19H2,1-2H3. The van der Waals surface area contributed by atoms with E-state index in [1.807, 2.05) is 12.1 Å². The molecule has 0 aliphatic rings. The second-order valence-corrected chi connectivity index (χ2v) is 8.97. The summed E-state index contributed by atoms with van der Waals surface area (Å²) in [4.78, 5) is 3.68. The minimum atomic E-state index is -2.68. The molecule has 2 aromatic carbocycles. The molecule has 25 heavy (non-hydrogen) atoms. The van der Waals surface area contributed by atoms with Crippen LogP contribution in [0.4, 0.5) is 0 Å². The van der Waals surface area contributed by atoms with E-state index in [4.69, 9.17) is 8.85 Å². The van der Waals surface area contributed by atoms with Gasteiger partial charge in [-0.25, -0.2) is 0 Å². The van der Waals surface area contributed by atoms with Crippen molar-refractivity contribution in [3.05, 3.63) is 66.2 Å². The molecule has 1 N–H and O–H groups in total. The van der Waals surface area contributed by atoms with E-state index in [0.29, 0.717) is 0 Å². The molecule has 0 saturated carbocycles. The van der Waals surface area contributed by atoms with Crippen LogP contribution in [0.1, 0.15) is 45.1 Å². The highest BCUT2D eigenvalue weighted by molar-refractivity contribution is 6.78. The van der Waals surface area contributed by atoms with Crippen LogP contribution in [-0.2, 0) is 15.4 Å². The highest BCUT2D eigenvalue weighted by Crippen LogP contribution is 2.10.